The van der Waals surface area contributed by atoms with Crippen molar-refractivity contribution in [2.24, 2.45) is 0 Å². The van der Waals surface area contributed by atoms with E-state index in [1.54, 1.807) is 34.9 Å². The number of aliphatic hydroxyl groups excluding tert-OH is 1. The fraction of sp³-hybridized carbons (Fsp3) is 0.778. The first-order chi connectivity index (χ1) is 7.80. The van der Waals surface area contributed by atoms with Crippen LogP contribution in [0, 0.1) is 0 Å². The van der Waals surface area contributed by atoms with Crippen molar-refractivity contribution >= 4 is 34.9 Å². The molecule has 0 amide bonds. The lowest BCUT2D eigenvalue weighted by atomic mass is 10.3. The van der Waals surface area contributed by atoms with Gasteiger partial charge in [0.2, 0.25) is 0 Å². The first kappa shape index (κ1) is 14.2. The van der Waals surface area contributed by atoms with Crippen LogP contribution in [-0.2, 0) is 0 Å². The van der Waals surface area contributed by atoms with Crippen molar-refractivity contribution in [3.8, 4) is 0 Å². The number of rotatable bonds is 8. The molecule has 0 aliphatic carbocycles. The number of hydrogen-bond donors (Lipinski definition) is 2. The fourth-order valence-electron chi connectivity index (χ4n) is 1.03. The molecule has 0 bridgehead atoms. The van der Waals surface area contributed by atoms with Crippen molar-refractivity contribution in [2.75, 3.05) is 25.2 Å². The van der Waals surface area contributed by atoms with Gasteiger partial charge in [-0.1, -0.05) is 41.8 Å². The second-order valence-electron chi connectivity index (χ2n) is 3.18. The fourth-order valence-corrected chi connectivity index (χ4v) is 3.54. The number of aromatic nitrogens is 2. The summed E-state index contributed by atoms with van der Waals surface area (Å²) in [6, 6.07) is 0.145. The summed E-state index contributed by atoms with van der Waals surface area (Å²) in [5.74, 6) is 0.833. The van der Waals surface area contributed by atoms with E-state index in [2.05, 4.69) is 22.4 Å². The predicted octanol–water partition coefficient (Wildman–Crippen LogP) is 1.71. The summed E-state index contributed by atoms with van der Waals surface area (Å²) in [6.07, 6.45) is 3.07. The van der Waals surface area contributed by atoms with Gasteiger partial charge >= 0.3 is 0 Å². The second kappa shape index (κ2) is 8.30. The third kappa shape index (κ3) is 5.01. The topological polar surface area (TPSA) is 58.0 Å². The molecule has 7 heteroatoms. The predicted molar refractivity (Wildman–Crippen MR) is 71.6 cm³/mol. The van der Waals surface area contributed by atoms with Gasteiger partial charge in [0.05, 0.1) is 6.61 Å². The van der Waals surface area contributed by atoms with Gasteiger partial charge in [-0.25, -0.2) is 0 Å². The van der Waals surface area contributed by atoms with Crippen molar-refractivity contribution in [1.29, 1.82) is 0 Å². The molecule has 1 aromatic rings. The van der Waals surface area contributed by atoms with Gasteiger partial charge in [-0.2, -0.15) is 0 Å². The van der Waals surface area contributed by atoms with Crippen molar-refractivity contribution < 1.29 is 5.11 Å². The van der Waals surface area contributed by atoms with Gasteiger partial charge < -0.3 is 10.4 Å². The standard InChI is InChI=1S/C9H17N3OS3/c1-3-4-10-7(5-13)6-15-9-12-11-8(14-2)16-9/h7,10,13H,3-6H2,1-2H3. The maximum Gasteiger partial charge on any atom is 0.175 e. The van der Waals surface area contributed by atoms with Crippen molar-refractivity contribution in [1.82, 2.24) is 15.5 Å². The van der Waals surface area contributed by atoms with Crippen LogP contribution >= 0.6 is 34.9 Å². The Balaban J connectivity index is 2.31. The Labute approximate surface area is 109 Å². The molecule has 0 saturated carbocycles. The van der Waals surface area contributed by atoms with Crippen LogP contribution in [-0.4, -0.2) is 46.5 Å². The van der Waals surface area contributed by atoms with Gasteiger partial charge in [0.1, 0.15) is 0 Å². The first-order valence-corrected chi connectivity index (χ1v) is 8.17. The Hall–Kier alpha value is 0.180. The van der Waals surface area contributed by atoms with Gasteiger partial charge in [0, 0.05) is 11.8 Å². The Morgan fingerprint density at radius 2 is 2.19 bits per heavy atom. The average Bonchev–Trinajstić information content (AvgIpc) is 2.77. The maximum atomic E-state index is 9.17. The molecule has 4 nitrogen and oxygen atoms in total. The highest BCUT2D eigenvalue weighted by Crippen LogP contribution is 2.27. The van der Waals surface area contributed by atoms with Crippen LogP contribution in [0.1, 0.15) is 13.3 Å². The van der Waals surface area contributed by atoms with E-state index in [1.807, 2.05) is 6.26 Å². The molecule has 0 fully saturated rings. The summed E-state index contributed by atoms with van der Waals surface area (Å²) in [7, 11) is 0. The Morgan fingerprint density at radius 1 is 1.44 bits per heavy atom. The molecule has 0 radical (unpaired) electrons. The molecule has 1 rings (SSSR count). The van der Waals surface area contributed by atoms with Crippen LogP contribution in [0.5, 0.6) is 0 Å². The van der Waals surface area contributed by atoms with Crippen LogP contribution in [0.3, 0.4) is 0 Å². The van der Waals surface area contributed by atoms with Gasteiger partial charge in [-0.05, 0) is 19.2 Å². The monoisotopic (exact) mass is 279 g/mol. The highest BCUT2D eigenvalue weighted by molar-refractivity contribution is 8.03. The lowest BCUT2D eigenvalue weighted by Gasteiger charge is -2.13. The number of nitrogens with one attached hydrogen (secondary N) is 1. The summed E-state index contributed by atoms with van der Waals surface area (Å²) in [5.41, 5.74) is 0. The Bertz CT molecular complexity index is 295. The van der Waals surface area contributed by atoms with Crippen LogP contribution in [0.15, 0.2) is 8.68 Å². The average molecular weight is 279 g/mol. The molecule has 2 N–H and O–H groups in total. The summed E-state index contributed by atoms with van der Waals surface area (Å²) in [6.45, 7) is 3.23. The van der Waals surface area contributed by atoms with E-state index < -0.39 is 0 Å². The minimum absolute atomic E-state index is 0.145. The molecule has 1 aromatic heterocycles. The zero-order valence-electron chi connectivity index (χ0n) is 9.47. The first-order valence-electron chi connectivity index (χ1n) is 5.14. The smallest absolute Gasteiger partial charge is 0.175 e. The zero-order valence-corrected chi connectivity index (χ0v) is 11.9. The Kier molecular flexibility index (Phi) is 7.39. The van der Waals surface area contributed by atoms with E-state index in [0.717, 1.165) is 27.4 Å². The number of aliphatic hydroxyl groups is 1. The quantitative estimate of drug-likeness (QED) is 0.707. The van der Waals surface area contributed by atoms with E-state index in [-0.39, 0.29) is 12.6 Å². The largest absolute Gasteiger partial charge is 0.395 e. The van der Waals surface area contributed by atoms with Crippen LogP contribution in [0.2, 0.25) is 0 Å². The lowest BCUT2D eigenvalue weighted by Crippen LogP contribution is -2.35. The molecule has 1 unspecified atom stereocenters. The molecule has 92 valence electrons. The SMILES string of the molecule is CCCNC(CO)CSc1nnc(SC)s1. The minimum atomic E-state index is 0.145. The van der Waals surface area contributed by atoms with Gasteiger partial charge in [-0.3, -0.25) is 0 Å². The molecule has 0 aliphatic heterocycles. The molecular formula is C9H17N3OS3. The van der Waals surface area contributed by atoms with Gasteiger partial charge in [-0.15, -0.1) is 10.2 Å². The number of nitrogens with zero attached hydrogens (tertiary/aromatic N) is 2. The molecule has 0 aromatic carbocycles. The van der Waals surface area contributed by atoms with Crippen LogP contribution in [0.4, 0.5) is 0 Å². The molecule has 16 heavy (non-hydrogen) atoms. The highest BCUT2D eigenvalue weighted by atomic mass is 32.2. The van der Waals surface area contributed by atoms with E-state index in [4.69, 9.17) is 5.11 Å². The zero-order chi connectivity index (χ0) is 11.8. The molecular weight excluding hydrogens is 262 g/mol. The molecule has 0 saturated heterocycles. The summed E-state index contributed by atoms with van der Waals surface area (Å²) < 4.78 is 1.96. The lowest BCUT2D eigenvalue weighted by molar-refractivity contribution is 0.254. The van der Waals surface area contributed by atoms with Crippen LogP contribution < -0.4 is 5.32 Å². The molecule has 1 heterocycles. The van der Waals surface area contributed by atoms with Crippen LogP contribution in [0.25, 0.3) is 0 Å². The third-order valence-electron chi connectivity index (χ3n) is 1.87. The maximum absolute atomic E-state index is 9.17. The normalized spacial score (nSPS) is 12.9. The highest BCUT2D eigenvalue weighted by Gasteiger charge is 2.09. The van der Waals surface area contributed by atoms with Crippen molar-refractivity contribution in [3.63, 3.8) is 0 Å². The molecule has 1 atom stereocenters. The summed E-state index contributed by atoms with van der Waals surface area (Å²) >= 11 is 4.86. The minimum Gasteiger partial charge on any atom is -0.395 e. The number of thioether (sulfide) groups is 2. The molecule has 0 aliphatic rings. The number of hydrogen-bond acceptors (Lipinski definition) is 7. The van der Waals surface area contributed by atoms with Crippen molar-refractivity contribution in [3.05, 3.63) is 0 Å². The van der Waals surface area contributed by atoms with E-state index in [9.17, 15) is 0 Å². The Morgan fingerprint density at radius 3 is 2.75 bits per heavy atom. The van der Waals surface area contributed by atoms with Gasteiger partial charge in [0.15, 0.2) is 8.68 Å². The van der Waals surface area contributed by atoms with Crippen molar-refractivity contribution in [2.45, 2.75) is 28.1 Å². The second-order valence-corrected chi connectivity index (χ2v) is 6.48. The third-order valence-corrected chi connectivity index (χ3v) is 5.07. The van der Waals surface area contributed by atoms with Gasteiger partial charge in [0.25, 0.3) is 0 Å². The van der Waals surface area contributed by atoms with E-state index in [0.29, 0.717) is 0 Å². The van der Waals surface area contributed by atoms with E-state index in [1.165, 1.54) is 0 Å². The summed E-state index contributed by atoms with van der Waals surface area (Å²) in [5, 5.41) is 20.6. The summed E-state index contributed by atoms with van der Waals surface area (Å²) in [4.78, 5) is 0. The van der Waals surface area contributed by atoms with E-state index >= 15 is 0 Å². The molecule has 0 spiro atoms.